The van der Waals surface area contributed by atoms with Gasteiger partial charge >= 0.3 is 98.2 Å². The van der Waals surface area contributed by atoms with Gasteiger partial charge in [-0.1, -0.05) is 0 Å². The first-order valence-corrected chi connectivity index (χ1v) is 5.88. The van der Waals surface area contributed by atoms with Gasteiger partial charge in [0.25, 0.3) is 0 Å². The van der Waals surface area contributed by atoms with E-state index in [1.807, 2.05) is 0 Å². The first-order chi connectivity index (χ1) is 6.88. The molecule has 1 heteroatoms. The molecule has 0 nitrogen and oxygen atoms in total. The van der Waals surface area contributed by atoms with E-state index in [-0.39, 0.29) is 0 Å². The van der Waals surface area contributed by atoms with Crippen LogP contribution in [0.15, 0.2) is 48.5 Å². The fourth-order valence-corrected chi connectivity index (χ4v) is 3.09. The Balaban J connectivity index is 2.42. The number of hydrogen-bond acceptors (Lipinski definition) is 0. The molecule has 0 saturated carbocycles. The van der Waals surface area contributed by atoms with E-state index < -0.39 is 0 Å². The van der Waals surface area contributed by atoms with Gasteiger partial charge < -0.3 is 0 Å². The predicted octanol–water partition coefficient (Wildman–Crippen LogP) is 2.78. The molecule has 0 saturated heterocycles. The van der Waals surface area contributed by atoms with Gasteiger partial charge in [0, 0.05) is 0 Å². The predicted molar refractivity (Wildman–Crippen MR) is 55.1 cm³/mol. The molecule has 0 spiro atoms. The Hall–Kier alpha value is -0.807. The van der Waals surface area contributed by atoms with Crippen LogP contribution in [0, 0.1) is 0 Å². The maximum absolute atomic E-state index is 2.22. The molecule has 0 bridgehead atoms. The second-order valence-corrected chi connectivity index (χ2v) is 4.70. The molecule has 2 aromatic carbocycles. The minimum absolute atomic E-state index is 1.40. The molecular weight excluding hydrogens is 247 g/mol. The third kappa shape index (κ3) is 1.06. The molecule has 0 fully saturated rings. The second-order valence-electron chi connectivity index (χ2n) is 3.47. The Morgan fingerprint density at radius 1 is 0.571 bits per heavy atom. The first-order valence-electron chi connectivity index (χ1n) is 4.65. The molecule has 2 aromatic rings. The zero-order valence-electron chi connectivity index (χ0n) is 7.62. The van der Waals surface area contributed by atoms with E-state index >= 15 is 0 Å². The van der Waals surface area contributed by atoms with Crippen molar-refractivity contribution in [2.45, 2.75) is 0 Å². The maximum atomic E-state index is 2.22. The van der Waals surface area contributed by atoms with E-state index in [0.717, 1.165) is 0 Å². The van der Waals surface area contributed by atoms with E-state index in [0.29, 0.717) is 0 Å². The number of benzene rings is 2. The van der Waals surface area contributed by atoms with Gasteiger partial charge in [0.15, 0.2) is 0 Å². The molecule has 3 rings (SSSR count). The van der Waals surface area contributed by atoms with Crippen molar-refractivity contribution in [1.82, 2.24) is 0 Å². The molecule has 0 aromatic heterocycles. The molecule has 0 amide bonds. The third-order valence-corrected chi connectivity index (χ3v) is 4.01. The van der Waals surface area contributed by atoms with Crippen molar-refractivity contribution in [1.29, 1.82) is 0 Å². The molecular formula is C13H8Zr+2. The fourth-order valence-electron chi connectivity index (χ4n) is 2.02. The molecule has 0 radical (unpaired) electrons. The molecule has 0 heterocycles. The first kappa shape index (κ1) is 8.50. The Morgan fingerprint density at radius 3 is 1.36 bits per heavy atom. The minimum atomic E-state index is 1.40. The van der Waals surface area contributed by atoms with Crippen LogP contribution in [0.5, 0.6) is 0 Å². The summed E-state index contributed by atoms with van der Waals surface area (Å²) in [5.74, 6) is 0. The van der Waals surface area contributed by atoms with E-state index in [4.69, 9.17) is 0 Å². The number of fused-ring (bicyclic) bond motifs is 3. The Bertz CT molecular complexity index is 479. The zero-order valence-corrected chi connectivity index (χ0v) is 10.1. The quantitative estimate of drug-likeness (QED) is 0.579. The molecule has 1 aliphatic carbocycles. The standard InChI is InChI=1S/C13H8.Zr/c1-3-7-12-10(5-1)9-11-6-2-4-8-13(11)12;/h1-8H;/q;+2. The van der Waals surface area contributed by atoms with E-state index in [9.17, 15) is 0 Å². The van der Waals surface area contributed by atoms with Crippen molar-refractivity contribution in [3.05, 3.63) is 59.7 Å². The van der Waals surface area contributed by atoms with Gasteiger partial charge in [0.2, 0.25) is 0 Å². The third-order valence-electron chi connectivity index (χ3n) is 2.68. The topological polar surface area (TPSA) is 0 Å². The fraction of sp³-hybridized carbons (Fsp3) is 0. The zero-order chi connectivity index (χ0) is 9.54. The molecule has 0 N–H and O–H groups in total. The van der Waals surface area contributed by atoms with E-state index in [2.05, 4.69) is 48.5 Å². The van der Waals surface area contributed by atoms with Crippen LogP contribution in [0.2, 0.25) is 0 Å². The van der Waals surface area contributed by atoms with Crippen molar-refractivity contribution in [3.63, 3.8) is 0 Å². The molecule has 0 unspecified atom stereocenters. The Kier molecular flexibility index (Phi) is 1.88. The molecule has 0 aliphatic heterocycles. The summed E-state index contributed by atoms with van der Waals surface area (Å²) < 4.78 is 1.49. The van der Waals surface area contributed by atoms with Crippen molar-refractivity contribution in [3.8, 4) is 11.1 Å². The normalized spacial score (nSPS) is 12.6. The second kappa shape index (κ2) is 3.10. The van der Waals surface area contributed by atoms with Crippen LogP contribution in [0.3, 0.4) is 0 Å². The van der Waals surface area contributed by atoms with Crippen molar-refractivity contribution in [2.24, 2.45) is 0 Å². The summed E-state index contributed by atoms with van der Waals surface area (Å²) in [6, 6.07) is 17.3. The van der Waals surface area contributed by atoms with Crippen LogP contribution in [0.1, 0.15) is 11.1 Å². The monoisotopic (exact) mass is 254 g/mol. The van der Waals surface area contributed by atoms with Crippen LogP contribution in [-0.4, -0.2) is 3.21 Å². The molecule has 14 heavy (non-hydrogen) atoms. The van der Waals surface area contributed by atoms with E-state index in [1.165, 1.54) is 49.7 Å². The van der Waals surface area contributed by atoms with Crippen LogP contribution in [0.4, 0.5) is 0 Å². The summed E-state index contributed by atoms with van der Waals surface area (Å²) in [6.45, 7) is 0. The van der Waals surface area contributed by atoms with Gasteiger partial charge in [-0.3, -0.25) is 0 Å². The van der Waals surface area contributed by atoms with Crippen LogP contribution in [0.25, 0.3) is 11.1 Å². The van der Waals surface area contributed by atoms with Crippen LogP contribution >= 0.6 is 0 Å². The number of rotatable bonds is 0. The average Bonchev–Trinajstić information content (AvgIpc) is 2.55. The van der Waals surface area contributed by atoms with Gasteiger partial charge in [0.05, 0.1) is 0 Å². The summed E-state index contributed by atoms with van der Waals surface area (Å²) in [7, 11) is 0. The van der Waals surface area contributed by atoms with Gasteiger partial charge in [-0.15, -0.1) is 0 Å². The summed E-state index contributed by atoms with van der Waals surface area (Å²) in [5, 5.41) is 0. The summed E-state index contributed by atoms with van der Waals surface area (Å²) in [4.78, 5) is 0. The molecule has 1 aliphatic rings. The molecule has 0 atom stereocenters. The summed E-state index contributed by atoms with van der Waals surface area (Å²) in [5.41, 5.74) is 5.64. The number of hydrogen-bond donors (Lipinski definition) is 0. The van der Waals surface area contributed by atoms with E-state index in [1.54, 1.807) is 0 Å². The SMILES string of the molecule is [Zr+2]=[C]1c2ccccc2-c2ccccc21. The van der Waals surface area contributed by atoms with Crippen LogP contribution in [-0.2, 0) is 24.2 Å². The van der Waals surface area contributed by atoms with Crippen LogP contribution < -0.4 is 0 Å². The summed E-state index contributed by atoms with van der Waals surface area (Å²) in [6.07, 6.45) is 0. The van der Waals surface area contributed by atoms with Gasteiger partial charge in [-0.25, -0.2) is 0 Å². The van der Waals surface area contributed by atoms with Crippen molar-refractivity contribution >= 4 is 3.21 Å². The Morgan fingerprint density at radius 2 is 0.929 bits per heavy atom. The van der Waals surface area contributed by atoms with Gasteiger partial charge in [0.1, 0.15) is 0 Å². The van der Waals surface area contributed by atoms with Gasteiger partial charge in [-0.05, 0) is 0 Å². The Labute approximate surface area is 97.9 Å². The van der Waals surface area contributed by atoms with Crippen molar-refractivity contribution < 1.29 is 24.2 Å². The van der Waals surface area contributed by atoms with Gasteiger partial charge in [-0.2, -0.15) is 0 Å². The van der Waals surface area contributed by atoms with Crippen molar-refractivity contribution in [2.75, 3.05) is 0 Å². The summed E-state index contributed by atoms with van der Waals surface area (Å²) >= 11 is 1.50. The molecule has 62 valence electrons. The average molecular weight is 255 g/mol.